The molecule has 2 aromatic carbocycles. The van der Waals surface area contributed by atoms with Gasteiger partial charge in [-0.1, -0.05) is 6.07 Å². The molecule has 1 aliphatic rings. The monoisotopic (exact) mass is 367 g/mol. The molecule has 0 radical (unpaired) electrons. The average molecular weight is 367 g/mol. The molecule has 0 saturated heterocycles. The quantitative estimate of drug-likeness (QED) is 0.768. The first kappa shape index (κ1) is 18.8. The number of nitrogens with one attached hydrogen (secondary N) is 2. The highest BCUT2D eigenvalue weighted by Gasteiger charge is 2.56. The lowest BCUT2D eigenvalue weighted by molar-refractivity contribution is -0.131. The summed E-state index contributed by atoms with van der Waals surface area (Å²) < 4.78 is 5.30. The number of amides is 2. The van der Waals surface area contributed by atoms with E-state index in [2.05, 4.69) is 10.6 Å². The van der Waals surface area contributed by atoms with Gasteiger partial charge in [0.15, 0.2) is 0 Å². The third-order valence-corrected chi connectivity index (χ3v) is 4.86. The maximum absolute atomic E-state index is 12.8. The van der Waals surface area contributed by atoms with Crippen LogP contribution >= 0.6 is 0 Å². The van der Waals surface area contributed by atoms with Crippen molar-refractivity contribution >= 4 is 28.9 Å². The molecule has 1 aliphatic carbocycles. The number of hydrogen-bond donors (Lipinski definition) is 2. The summed E-state index contributed by atoms with van der Waals surface area (Å²) in [4.78, 5) is 27.6. The van der Waals surface area contributed by atoms with Gasteiger partial charge in [-0.05, 0) is 61.7 Å². The molecule has 0 heterocycles. The van der Waals surface area contributed by atoms with Crippen molar-refractivity contribution in [3.05, 3.63) is 48.0 Å². The number of aryl methyl sites for hydroxylation is 1. The van der Waals surface area contributed by atoms with E-state index in [0.717, 1.165) is 11.3 Å². The molecule has 2 aromatic rings. The number of methoxy groups -OCH3 is 1. The molecule has 2 amide bonds. The highest BCUT2D eigenvalue weighted by atomic mass is 16.5. The first-order chi connectivity index (χ1) is 12.9. The Bertz CT molecular complexity index is 855. The van der Waals surface area contributed by atoms with Crippen molar-refractivity contribution in [2.24, 2.45) is 5.41 Å². The van der Waals surface area contributed by atoms with Crippen molar-refractivity contribution in [3.8, 4) is 5.75 Å². The largest absolute Gasteiger partial charge is 0.495 e. The lowest BCUT2D eigenvalue weighted by Gasteiger charge is -2.18. The molecule has 2 N–H and O–H groups in total. The first-order valence-corrected chi connectivity index (χ1v) is 8.91. The van der Waals surface area contributed by atoms with Crippen LogP contribution in [0.25, 0.3) is 0 Å². The van der Waals surface area contributed by atoms with Crippen molar-refractivity contribution in [2.75, 3.05) is 36.7 Å². The van der Waals surface area contributed by atoms with Gasteiger partial charge >= 0.3 is 0 Å². The van der Waals surface area contributed by atoms with Crippen LogP contribution in [0.4, 0.5) is 17.1 Å². The number of rotatable bonds is 6. The molecule has 27 heavy (non-hydrogen) atoms. The number of anilines is 3. The fourth-order valence-electron chi connectivity index (χ4n) is 2.94. The van der Waals surface area contributed by atoms with E-state index in [0.29, 0.717) is 30.0 Å². The molecule has 3 rings (SSSR count). The Balaban J connectivity index is 1.71. The van der Waals surface area contributed by atoms with E-state index in [1.54, 1.807) is 13.2 Å². The lowest BCUT2D eigenvalue weighted by atomic mass is 10.0. The number of benzene rings is 2. The van der Waals surface area contributed by atoms with E-state index in [1.807, 2.05) is 62.3 Å². The Morgan fingerprint density at radius 3 is 2.19 bits per heavy atom. The topological polar surface area (TPSA) is 70.7 Å². The van der Waals surface area contributed by atoms with Gasteiger partial charge in [0.05, 0.1) is 12.8 Å². The van der Waals surface area contributed by atoms with Crippen molar-refractivity contribution in [3.63, 3.8) is 0 Å². The molecule has 6 nitrogen and oxygen atoms in total. The van der Waals surface area contributed by atoms with Gasteiger partial charge in [-0.25, -0.2) is 0 Å². The highest BCUT2D eigenvalue weighted by Crippen LogP contribution is 2.48. The van der Waals surface area contributed by atoms with Gasteiger partial charge in [-0.2, -0.15) is 0 Å². The van der Waals surface area contributed by atoms with Crippen molar-refractivity contribution in [2.45, 2.75) is 19.8 Å². The van der Waals surface area contributed by atoms with Crippen LogP contribution in [0.5, 0.6) is 5.75 Å². The fourth-order valence-corrected chi connectivity index (χ4v) is 2.94. The predicted octanol–water partition coefficient (Wildman–Crippen LogP) is 3.43. The SMILES string of the molecule is COc1ccc(C)cc1NC(=O)C1(C(=O)Nc2ccc(N(C)C)cc2)CC1. The minimum atomic E-state index is -1.02. The minimum absolute atomic E-state index is 0.274. The summed E-state index contributed by atoms with van der Waals surface area (Å²) >= 11 is 0. The van der Waals surface area contributed by atoms with E-state index < -0.39 is 5.41 Å². The van der Waals surface area contributed by atoms with Gasteiger partial charge in [0.2, 0.25) is 11.8 Å². The number of hydrogen-bond acceptors (Lipinski definition) is 4. The van der Waals surface area contributed by atoms with Gasteiger partial charge in [0, 0.05) is 25.5 Å². The molecule has 0 atom stereocenters. The Hall–Kier alpha value is -3.02. The summed E-state index contributed by atoms with van der Waals surface area (Å²) in [5, 5.41) is 5.73. The third kappa shape index (κ3) is 3.89. The molecule has 142 valence electrons. The van der Waals surface area contributed by atoms with Crippen molar-refractivity contribution in [1.82, 2.24) is 0 Å². The third-order valence-electron chi connectivity index (χ3n) is 4.86. The van der Waals surface area contributed by atoms with Crippen LogP contribution in [0, 0.1) is 12.3 Å². The van der Waals surface area contributed by atoms with E-state index in [4.69, 9.17) is 4.74 Å². The van der Waals surface area contributed by atoms with E-state index in [1.165, 1.54) is 0 Å². The Morgan fingerprint density at radius 1 is 1.00 bits per heavy atom. The number of carbonyl (C=O) groups is 2. The predicted molar refractivity (Wildman–Crippen MR) is 107 cm³/mol. The van der Waals surface area contributed by atoms with Crippen LogP contribution in [-0.2, 0) is 9.59 Å². The van der Waals surface area contributed by atoms with Gasteiger partial charge in [0.1, 0.15) is 11.2 Å². The molecule has 0 spiro atoms. The van der Waals surface area contributed by atoms with Crippen LogP contribution in [-0.4, -0.2) is 33.0 Å². The molecule has 1 saturated carbocycles. The van der Waals surface area contributed by atoms with Crippen LogP contribution in [0.15, 0.2) is 42.5 Å². The average Bonchev–Trinajstić information content (AvgIpc) is 3.44. The highest BCUT2D eigenvalue weighted by molar-refractivity contribution is 6.17. The lowest BCUT2D eigenvalue weighted by Crippen LogP contribution is -2.35. The summed E-state index contributed by atoms with van der Waals surface area (Å²) in [6, 6.07) is 13.1. The summed E-state index contributed by atoms with van der Waals surface area (Å²) in [5.41, 5.74) is 2.28. The Labute approximate surface area is 159 Å². The normalized spacial score (nSPS) is 14.2. The zero-order valence-electron chi connectivity index (χ0n) is 16.1. The van der Waals surface area contributed by atoms with E-state index in [-0.39, 0.29) is 11.8 Å². The van der Waals surface area contributed by atoms with Crippen molar-refractivity contribution < 1.29 is 14.3 Å². The maximum Gasteiger partial charge on any atom is 0.240 e. The summed E-state index contributed by atoms with van der Waals surface area (Å²) in [6.07, 6.45) is 1.07. The van der Waals surface area contributed by atoms with Crippen LogP contribution in [0.3, 0.4) is 0 Å². The zero-order valence-corrected chi connectivity index (χ0v) is 16.1. The molecule has 0 bridgehead atoms. The fraction of sp³-hybridized carbons (Fsp3) is 0.333. The number of carbonyl (C=O) groups excluding carboxylic acids is 2. The first-order valence-electron chi connectivity index (χ1n) is 8.91. The number of ether oxygens (including phenoxy) is 1. The van der Waals surface area contributed by atoms with Gasteiger partial charge in [-0.3, -0.25) is 9.59 Å². The standard InChI is InChI=1S/C21H25N3O3/c1-14-5-10-18(27-4)17(13-14)23-20(26)21(11-12-21)19(25)22-15-6-8-16(9-7-15)24(2)3/h5-10,13H,11-12H2,1-4H3,(H,22,25)(H,23,26). The molecule has 0 unspecified atom stereocenters. The summed E-state index contributed by atoms with van der Waals surface area (Å²) in [6.45, 7) is 1.94. The second-order valence-electron chi connectivity index (χ2n) is 7.14. The second-order valence-corrected chi connectivity index (χ2v) is 7.14. The van der Waals surface area contributed by atoms with Gasteiger partial charge in [-0.15, -0.1) is 0 Å². The molecule has 1 fully saturated rings. The molecular weight excluding hydrogens is 342 g/mol. The second kappa shape index (κ2) is 7.31. The van der Waals surface area contributed by atoms with Gasteiger partial charge < -0.3 is 20.3 Å². The molecule has 0 aliphatic heterocycles. The Morgan fingerprint density at radius 2 is 1.63 bits per heavy atom. The zero-order chi connectivity index (χ0) is 19.6. The summed E-state index contributed by atoms with van der Waals surface area (Å²) in [5.74, 6) is 0.00228. The van der Waals surface area contributed by atoms with E-state index in [9.17, 15) is 9.59 Å². The molecule has 0 aromatic heterocycles. The van der Waals surface area contributed by atoms with Crippen molar-refractivity contribution in [1.29, 1.82) is 0 Å². The maximum atomic E-state index is 12.8. The van der Waals surface area contributed by atoms with Crippen LogP contribution in [0.1, 0.15) is 18.4 Å². The van der Waals surface area contributed by atoms with E-state index >= 15 is 0 Å². The summed E-state index contributed by atoms with van der Waals surface area (Å²) in [7, 11) is 5.46. The Kier molecular flexibility index (Phi) is 5.08. The van der Waals surface area contributed by atoms with Gasteiger partial charge in [0.25, 0.3) is 0 Å². The number of nitrogens with zero attached hydrogens (tertiary/aromatic N) is 1. The smallest absolute Gasteiger partial charge is 0.240 e. The molecular formula is C21H25N3O3. The minimum Gasteiger partial charge on any atom is -0.495 e. The molecule has 6 heteroatoms. The van der Waals surface area contributed by atoms with Crippen LogP contribution < -0.4 is 20.3 Å². The van der Waals surface area contributed by atoms with Crippen LogP contribution in [0.2, 0.25) is 0 Å².